The van der Waals surface area contributed by atoms with Crippen LogP contribution in [0.5, 0.6) is 17.2 Å². The highest BCUT2D eigenvalue weighted by molar-refractivity contribution is 6.30. The van der Waals surface area contributed by atoms with Crippen molar-refractivity contribution in [2.45, 2.75) is 6.92 Å². The molecule has 0 bridgehead atoms. The normalized spacial score (nSPS) is 10.2. The Morgan fingerprint density at radius 1 is 0.923 bits per heavy atom. The van der Waals surface area contributed by atoms with Crippen molar-refractivity contribution in [3.8, 4) is 17.2 Å². The highest BCUT2D eigenvalue weighted by Gasteiger charge is 2.05. The van der Waals surface area contributed by atoms with E-state index >= 15 is 0 Å². The molecular weight excluding hydrogens is 350 g/mol. The van der Waals surface area contributed by atoms with Gasteiger partial charge in [0, 0.05) is 10.7 Å². The van der Waals surface area contributed by atoms with Crippen LogP contribution in [-0.4, -0.2) is 12.5 Å². The Labute approximate surface area is 157 Å². The molecule has 0 aliphatic heterocycles. The number of rotatable bonds is 6. The zero-order valence-corrected chi connectivity index (χ0v) is 15.0. The number of carbonyl (C=O) groups is 1. The first-order valence-corrected chi connectivity index (χ1v) is 8.49. The molecule has 132 valence electrons. The van der Waals surface area contributed by atoms with E-state index in [0.717, 1.165) is 5.56 Å². The third-order valence-electron chi connectivity index (χ3n) is 3.55. The summed E-state index contributed by atoms with van der Waals surface area (Å²) in [6.45, 7) is 1.92. The molecule has 3 aromatic carbocycles. The average molecular weight is 368 g/mol. The van der Waals surface area contributed by atoms with E-state index in [1.54, 1.807) is 48.5 Å². The fourth-order valence-electron chi connectivity index (χ4n) is 2.30. The van der Waals surface area contributed by atoms with E-state index in [2.05, 4.69) is 5.32 Å². The first-order chi connectivity index (χ1) is 12.6. The molecule has 0 unspecified atom stereocenters. The highest BCUT2D eigenvalue weighted by atomic mass is 35.5. The number of hydrogen-bond donors (Lipinski definition) is 1. The third-order valence-corrected chi connectivity index (χ3v) is 3.80. The topological polar surface area (TPSA) is 47.6 Å². The Morgan fingerprint density at radius 3 is 2.23 bits per heavy atom. The molecule has 3 aromatic rings. The summed E-state index contributed by atoms with van der Waals surface area (Å²) in [5, 5.41) is 3.44. The Kier molecular flexibility index (Phi) is 5.77. The van der Waals surface area contributed by atoms with Crippen molar-refractivity contribution < 1.29 is 14.3 Å². The summed E-state index contributed by atoms with van der Waals surface area (Å²) in [5.41, 5.74) is 1.76. The van der Waals surface area contributed by atoms with Gasteiger partial charge in [-0.3, -0.25) is 4.79 Å². The number of benzene rings is 3. The minimum atomic E-state index is -0.224. The Hall–Kier alpha value is -2.98. The van der Waals surface area contributed by atoms with Crippen LogP contribution in [0.3, 0.4) is 0 Å². The van der Waals surface area contributed by atoms with Crippen LogP contribution in [0.25, 0.3) is 0 Å². The van der Waals surface area contributed by atoms with Gasteiger partial charge in [0.25, 0.3) is 5.91 Å². The zero-order chi connectivity index (χ0) is 18.4. The summed E-state index contributed by atoms with van der Waals surface area (Å²) < 4.78 is 11.2. The van der Waals surface area contributed by atoms with Crippen molar-refractivity contribution >= 4 is 23.2 Å². The molecule has 0 aliphatic rings. The standard InChI is InChI=1S/C21H18ClNO3/c1-15-3-2-4-20(13-15)25-14-21(24)23-17-7-11-19(12-8-17)26-18-9-5-16(22)6-10-18/h2-13H,14H2,1H3,(H,23,24). The molecule has 5 heteroatoms. The van der Waals surface area contributed by atoms with Crippen LogP contribution in [0.4, 0.5) is 5.69 Å². The van der Waals surface area contributed by atoms with Gasteiger partial charge in [-0.15, -0.1) is 0 Å². The van der Waals surface area contributed by atoms with Crippen LogP contribution < -0.4 is 14.8 Å². The van der Waals surface area contributed by atoms with Gasteiger partial charge in [0.15, 0.2) is 6.61 Å². The van der Waals surface area contributed by atoms with E-state index in [0.29, 0.717) is 28.0 Å². The van der Waals surface area contributed by atoms with Crippen molar-refractivity contribution in [1.29, 1.82) is 0 Å². The fraction of sp³-hybridized carbons (Fsp3) is 0.0952. The largest absolute Gasteiger partial charge is 0.484 e. The van der Waals surface area contributed by atoms with Crippen LogP contribution in [0.2, 0.25) is 5.02 Å². The number of anilines is 1. The molecule has 0 atom stereocenters. The molecule has 4 nitrogen and oxygen atoms in total. The maximum Gasteiger partial charge on any atom is 0.262 e. The van der Waals surface area contributed by atoms with E-state index in [1.807, 2.05) is 31.2 Å². The van der Waals surface area contributed by atoms with Crippen LogP contribution in [0.1, 0.15) is 5.56 Å². The maximum absolute atomic E-state index is 12.0. The van der Waals surface area contributed by atoms with Crippen molar-refractivity contribution in [3.63, 3.8) is 0 Å². The lowest BCUT2D eigenvalue weighted by molar-refractivity contribution is -0.118. The lowest BCUT2D eigenvalue weighted by atomic mass is 10.2. The molecular formula is C21H18ClNO3. The maximum atomic E-state index is 12.0. The summed E-state index contributed by atoms with van der Waals surface area (Å²) in [6, 6.07) is 21.8. The zero-order valence-electron chi connectivity index (χ0n) is 14.2. The molecule has 0 radical (unpaired) electrons. The van der Waals surface area contributed by atoms with Crippen molar-refractivity contribution in [2.24, 2.45) is 0 Å². The number of ether oxygens (including phenoxy) is 2. The van der Waals surface area contributed by atoms with E-state index < -0.39 is 0 Å². The molecule has 1 N–H and O–H groups in total. The van der Waals surface area contributed by atoms with Gasteiger partial charge >= 0.3 is 0 Å². The van der Waals surface area contributed by atoms with E-state index in [-0.39, 0.29) is 12.5 Å². The summed E-state index contributed by atoms with van der Waals surface area (Å²) in [6.07, 6.45) is 0. The number of amides is 1. The van der Waals surface area contributed by atoms with Crippen molar-refractivity contribution in [3.05, 3.63) is 83.4 Å². The fourth-order valence-corrected chi connectivity index (χ4v) is 2.42. The third kappa shape index (κ3) is 5.26. The quantitative estimate of drug-likeness (QED) is 0.629. The van der Waals surface area contributed by atoms with Crippen LogP contribution in [0, 0.1) is 6.92 Å². The van der Waals surface area contributed by atoms with Gasteiger partial charge in [0.1, 0.15) is 17.2 Å². The highest BCUT2D eigenvalue weighted by Crippen LogP contribution is 2.24. The van der Waals surface area contributed by atoms with Gasteiger partial charge in [0.05, 0.1) is 0 Å². The smallest absolute Gasteiger partial charge is 0.262 e. The average Bonchev–Trinajstić information content (AvgIpc) is 2.64. The number of aryl methyl sites for hydroxylation is 1. The SMILES string of the molecule is Cc1cccc(OCC(=O)Nc2ccc(Oc3ccc(Cl)cc3)cc2)c1. The monoisotopic (exact) mass is 367 g/mol. The Bertz CT molecular complexity index is 877. The van der Waals surface area contributed by atoms with Gasteiger partial charge < -0.3 is 14.8 Å². The molecule has 0 saturated heterocycles. The van der Waals surface area contributed by atoms with Gasteiger partial charge in [-0.05, 0) is 73.2 Å². The van der Waals surface area contributed by atoms with Crippen LogP contribution >= 0.6 is 11.6 Å². The molecule has 0 aromatic heterocycles. The van der Waals surface area contributed by atoms with Crippen molar-refractivity contribution in [2.75, 3.05) is 11.9 Å². The van der Waals surface area contributed by atoms with Gasteiger partial charge in [-0.25, -0.2) is 0 Å². The lowest BCUT2D eigenvalue weighted by Crippen LogP contribution is -2.20. The van der Waals surface area contributed by atoms with Gasteiger partial charge in [-0.1, -0.05) is 23.7 Å². The predicted molar refractivity (Wildman–Crippen MR) is 103 cm³/mol. The predicted octanol–water partition coefficient (Wildman–Crippen LogP) is 5.46. The summed E-state index contributed by atoms with van der Waals surface area (Å²) in [4.78, 5) is 12.0. The molecule has 26 heavy (non-hydrogen) atoms. The first kappa shape index (κ1) is 17.8. The Morgan fingerprint density at radius 2 is 1.58 bits per heavy atom. The number of carbonyl (C=O) groups excluding carboxylic acids is 1. The summed E-state index contributed by atoms with van der Waals surface area (Å²) in [5.74, 6) is 1.81. The first-order valence-electron chi connectivity index (χ1n) is 8.11. The number of nitrogens with one attached hydrogen (secondary N) is 1. The second-order valence-corrected chi connectivity index (χ2v) is 6.17. The molecule has 0 aliphatic carbocycles. The lowest BCUT2D eigenvalue weighted by Gasteiger charge is -2.09. The second-order valence-electron chi connectivity index (χ2n) is 5.73. The molecule has 0 saturated carbocycles. The van der Waals surface area contributed by atoms with E-state index in [9.17, 15) is 4.79 Å². The van der Waals surface area contributed by atoms with Gasteiger partial charge in [0.2, 0.25) is 0 Å². The minimum Gasteiger partial charge on any atom is -0.484 e. The molecule has 1 amide bonds. The van der Waals surface area contributed by atoms with Crippen LogP contribution in [0.15, 0.2) is 72.8 Å². The molecule has 0 fully saturated rings. The number of halogens is 1. The van der Waals surface area contributed by atoms with Crippen LogP contribution in [-0.2, 0) is 4.79 Å². The van der Waals surface area contributed by atoms with Gasteiger partial charge in [-0.2, -0.15) is 0 Å². The summed E-state index contributed by atoms with van der Waals surface area (Å²) in [7, 11) is 0. The molecule has 0 heterocycles. The second kappa shape index (κ2) is 8.41. The summed E-state index contributed by atoms with van der Waals surface area (Å²) >= 11 is 5.85. The Balaban J connectivity index is 1.51. The van der Waals surface area contributed by atoms with Crippen molar-refractivity contribution in [1.82, 2.24) is 0 Å². The minimum absolute atomic E-state index is 0.0491. The van der Waals surface area contributed by atoms with E-state index in [1.165, 1.54) is 0 Å². The number of hydrogen-bond acceptors (Lipinski definition) is 3. The van der Waals surface area contributed by atoms with E-state index in [4.69, 9.17) is 21.1 Å². The molecule has 3 rings (SSSR count). The molecule has 0 spiro atoms.